The molecule has 0 saturated heterocycles. The van der Waals surface area contributed by atoms with Gasteiger partial charge in [0.2, 0.25) is 0 Å². The first-order chi connectivity index (χ1) is 15.1. The standard InChI is InChI=1S/C22H24N2O5S2/c1-3-28-18-7-6-15(11-19(18)27-2)22-24-17(14-31-22)12-29-20(25)5-4-9-23-21(26)16-8-10-30-13-16/h6-8,10-11,13-14H,3-5,9,12H2,1-2H3,(H,23,26). The molecule has 0 bridgehead atoms. The van der Waals surface area contributed by atoms with Crippen LogP contribution in [-0.4, -0.2) is 37.1 Å². The molecule has 0 saturated carbocycles. The lowest BCUT2D eigenvalue weighted by atomic mass is 10.2. The molecule has 1 amide bonds. The molecule has 0 atom stereocenters. The Bertz CT molecular complexity index is 1000. The number of methoxy groups -OCH3 is 1. The van der Waals surface area contributed by atoms with Gasteiger partial charge in [0.05, 0.1) is 19.4 Å². The van der Waals surface area contributed by atoms with Crippen LogP contribution in [0.25, 0.3) is 10.6 Å². The minimum Gasteiger partial charge on any atom is -0.493 e. The summed E-state index contributed by atoms with van der Waals surface area (Å²) < 4.78 is 16.2. The van der Waals surface area contributed by atoms with Crippen LogP contribution in [0.4, 0.5) is 0 Å². The summed E-state index contributed by atoms with van der Waals surface area (Å²) in [6, 6.07) is 7.42. The zero-order chi connectivity index (χ0) is 22.1. The molecule has 0 aliphatic rings. The molecule has 2 heterocycles. The van der Waals surface area contributed by atoms with E-state index in [1.807, 2.05) is 35.9 Å². The quantitative estimate of drug-likeness (QED) is 0.334. The maximum Gasteiger partial charge on any atom is 0.306 e. The minimum atomic E-state index is -0.318. The van der Waals surface area contributed by atoms with Crippen molar-refractivity contribution in [2.75, 3.05) is 20.3 Å². The van der Waals surface area contributed by atoms with Gasteiger partial charge in [0.1, 0.15) is 11.6 Å². The number of hydrogen-bond acceptors (Lipinski definition) is 8. The zero-order valence-corrected chi connectivity index (χ0v) is 19.0. The number of rotatable bonds is 11. The third kappa shape index (κ3) is 6.53. The van der Waals surface area contributed by atoms with Crippen molar-refractivity contribution < 1.29 is 23.8 Å². The second-order valence-electron chi connectivity index (χ2n) is 6.47. The third-order valence-electron chi connectivity index (χ3n) is 4.27. The molecule has 0 unspecified atom stereocenters. The lowest BCUT2D eigenvalue weighted by molar-refractivity contribution is -0.145. The van der Waals surface area contributed by atoms with Gasteiger partial charge in [-0.15, -0.1) is 11.3 Å². The van der Waals surface area contributed by atoms with Crippen LogP contribution in [-0.2, 0) is 16.1 Å². The average Bonchev–Trinajstić information content (AvgIpc) is 3.48. The highest BCUT2D eigenvalue weighted by atomic mass is 32.1. The van der Waals surface area contributed by atoms with Crippen molar-refractivity contribution in [1.29, 1.82) is 0 Å². The van der Waals surface area contributed by atoms with Gasteiger partial charge in [-0.2, -0.15) is 11.3 Å². The largest absolute Gasteiger partial charge is 0.493 e. The number of aromatic nitrogens is 1. The highest BCUT2D eigenvalue weighted by Gasteiger charge is 2.12. The Morgan fingerprint density at radius 1 is 1.16 bits per heavy atom. The maximum absolute atomic E-state index is 12.0. The number of benzene rings is 1. The van der Waals surface area contributed by atoms with Crippen molar-refractivity contribution in [1.82, 2.24) is 10.3 Å². The molecule has 31 heavy (non-hydrogen) atoms. The molecule has 1 aromatic carbocycles. The first kappa shape index (κ1) is 22.8. The number of esters is 1. The molecule has 7 nitrogen and oxygen atoms in total. The maximum atomic E-state index is 12.0. The second kappa shape index (κ2) is 11.5. The monoisotopic (exact) mass is 460 g/mol. The molecule has 3 aromatic rings. The topological polar surface area (TPSA) is 86.8 Å². The average molecular weight is 461 g/mol. The second-order valence-corrected chi connectivity index (χ2v) is 8.11. The fourth-order valence-corrected chi connectivity index (χ4v) is 4.18. The third-order valence-corrected chi connectivity index (χ3v) is 5.89. The Labute approximate surface area is 189 Å². The highest BCUT2D eigenvalue weighted by Crippen LogP contribution is 2.33. The van der Waals surface area contributed by atoms with Crippen molar-refractivity contribution in [3.8, 4) is 22.1 Å². The van der Waals surface area contributed by atoms with Crippen molar-refractivity contribution in [3.63, 3.8) is 0 Å². The van der Waals surface area contributed by atoms with E-state index in [9.17, 15) is 9.59 Å². The molecular formula is C22H24N2O5S2. The number of thiophene rings is 1. The number of thiazole rings is 1. The normalized spacial score (nSPS) is 10.5. The van der Waals surface area contributed by atoms with Crippen LogP contribution in [0.15, 0.2) is 40.4 Å². The predicted molar refractivity (Wildman–Crippen MR) is 121 cm³/mol. The SMILES string of the molecule is CCOc1ccc(-c2nc(COC(=O)CCCNC(=O)c3ccsc3)cs2)cc1OC. The van der Waals surface area contributed by atoms with Crippen LogP contribution in [0.3, 0.4) is 0 Å². The van der Waals surface area contributed by atoms with Crippen LogP contribution in [0.2, 0.25) is 0 Å². The van der Waals surface area contributed by atoms with Crippen LogP contribution < -0.4 is 14.8 Å². The summed E-state index contributed by atoms with van der Waals surface area (Å²) in [5.74, 6) is 0.886. The van der Waals surface area contributed by atoms with Gasteiger partial charge >= 0.3 is 5.97 Å². The van der Waals surface area contributed by atoms with Gasteiger partial charge in [-0.3, -0.25) is 9.59 Å². The number of ether oxygens (including phenoxy) is 3. The fraction of sp³-hybridized carbons (Fsp3) is 0.318. The summed E-state index contributed by atoms with van der Waals surface area (Å²) in [7, 11) is 1.60. The molecule has 2 aromatic heterocycles. The Hall–Kier alpha value is -2.91. The molecule has 1 N–H and O–H groups in total. The van der Waals surface area contributed by atoms with Crippen LogP contribution >= 0.6 is 22.7 Å². The van der Waals surface area contributed by atoms with Crippen LogP contribution in [0.5, 0.6) is 11.5 Å². The van der Waals surface area contributed by atoms with E-state index in [0.29, 0.717) is 42.3 Å². The summed E-state index contributed by atoms with van der Waals surface area (Å²) in [5, 5.41) is 9.10. The first-order valence-electron chi connectivity index (χ1n) is 9.82. The van der Waals surface area contributed by atoms with E-state index in [2.05, 4.69) is 10.3 Å². The number of nitrogens with zero attached hydrogens (tertiary/aromatic N) is 1. The van der Waals surface area contributed by atoms with Crippen LogP contribution in [0, 0.1) is 0 Å². The van der Waals surface area contributed by atoms with Gasteiger partial charge in [0.25, 0.3) is 5.91 Å². The number of nitrogens with one attached hydrogen (secondary N) is 1. The minimum absolute atomic E-state index is 0.116. The molecule has 3 rings (SSSR count). The number of carbonyl (C=O) groups is 2. The zero-order valence-electron chi connectivity index (χ0n) is 17.4. The molecule has 0 fully saturated rings. The van der Waals surface area contributed by atoms with Gasteiger partial charge in [-0.05, 0) is 43.0 Å². The van der Waals surface area contributed by atoms with E-state index < -0.39 is 0 Å². The van der Waals surface area contributed by atoms with Crippen molar-refractivity contribution in [3.05, 3.63) is 51.7 Å². The summed E-state index contributed by atoms with van der Waals surface area (Å²) >= 11 is 2.94. The number of hydrogen-bond donors (Lipinski definition) is 1. The van der Waals surface area contributed by atoms with Gasteiger partial charge < -0.3 is 19.5 Å². The molecule has 0 aliphatic heterocycles. The Morgan fingerprint density at radius 2 is 2.03 bits per heavy atom. The number of amides is 1. The van der Waals surface area contributed by atoms with Gasteiger partial charge in [-0.1, -0.05) is 0 Å². The molecular weight excluding hydrogens is 436 g/mol. The van der Waals surface area contributed by atoms with Crippen molar-refractivity contribution in [2.24, 2.45) is 0 Å². The van der Waals surface area contributed by atoms with Crippen LogP contribution in [0.1, 0.15) is 35.8 Å². The Kier molecular flexibility index (Phi) is 8.43. The Morgan fingerprint density at radius 3 is 2.77 bits per heavy atom. The summed E-state index contributed by atoms with van der Waals surface area (Å²) in [6.07, 6.45) is 0.750. The van der Waals surface area contributed by atoms with E-state index in [0.717, 1.165) is 10.6 Å². The predicted octanol–water partition coefficient (Wildman–Crippen LogP) is 4.53. The van der Waals surface area contributed by atoms with E-state index >= 15 is 0 Å². The summed E-state index contributed by atoms with van der Waals surface area (Å²) in [6.45, 7) is 3.02. The lowest BCUT2D eigenvalue weighted by Gasteiger charge is -2.09. The number of carbonyl (C=O) groups excluding carboxylic acids is 2. The molecule has 9 heteroatoms. The lowest BCUT2D eigenvalue weighted by Crippen LogP contribution is -2.24. The summed E-state index contributed by atoms with van der Waals surface area (Å²) in [5.41, 5.74) is 2.23. The molecule has 0 spiro atoms. The van der Waals surface area contributed by atoms with Gasteiger partial charge in [0, 0.05) is 34.9 Å². The molecule has 0 aliphatic carbocycles. The fourth-order valence-electron chi connectivity index (χ4n) is 2.74. The van der Waals surface area contributed by atoms with E-state index in [1.165, 1.54) is 22.7 Å². The summed E-state index contributed by atoms with van der Waals surface area (Å²) in [4.78, 5) is 28.3. The molecule has 164 valence electrons. The molecule has 0 radical (unpaired) electrons. The van der Waals surface area contributed by atoms with Gasteiger partial charge in [0.15, 0.2) is 11.5 Å². The smallest absolute Gasteiger partial charge is 0.306 e. The Balaban J connectivity index is 1.43. The van der Waals surface area contributed by atoms with Crippen molar-refractivity contribution in [2.45, 2.75) is 26.4 Å². The van der Waals surface area contributed by atoms with E-state index in [-0.39, 0.29) is 24.9 Å². The van der Waals surface area contributed by atoms with Crippen molar-refractivity contribution >= 4 is 34.6 Å². The van der Waals surface area contributed by atoms with E-state index in [1.54, 1.807) is 18.6 Å². The first-order valence-corrected chi connectivity index (χ1v) is 11.6. The highest BCUT2D eigenvalue weighted by molar-refractivity contribution is 7.13. The van der Waals surface area contributed by atoms with E-state index in [4.69, 9.17) is 14.2 Å². The van der Waals surface area contributed by atoms with Gasteiger partial charge in [-0.25, -0.2) is 4.98 Å².